The van der Waals surface area contributed by atoms with Crippen LogP contribution in [0, 0.1) is 0 Å². The Kier molecular flexibility index (Phi) is 1.38. The van der Waals surface area contributed by atoms with Gasteiger partial charge >= 0.3 is 5.69 Å². The van der Waals surface area contributed by atoms with Crippen LogP contribution in [0.25, 0.3) is 11.2 Å². The summed E-state index contributed by atoms with van der Waals surface area (Å²) in [6, 6.07) is 0. The fourth-order valence-electron chi connectivity index (χ4n) is 1.01. The number of aromatic nitrogens is 4. The van der Waals surface area contributed by atoms with Gasteiger partial charge in [0.15, 0.2) is 17.8 Å². The molecular formula is C6H4N4O3. The molecule has 7 heteroatoms. The number of carbonyl (C=O) groups excluding carboxylic acids is 1. The van der Waals surface area contributed by atoms with E-state index in [0.717, 1.165) is 0 Å². The molecule has 13 heavy (non-hydrogen) atoms. The quantitative estimate of drug-likeness (QED) is 0.476. The molecular weight excluding hydrogens is 176 g/mol. The highest BCUT2D eigenvalue weighted by atomic mass is 16.2. The Bertz CT molecular complexity index is 575. The normalized spacial score (nSPS) is 10.5. The fraction of sp³-hybridized carbons (Fsp3) is 0. The van der Waals surface area contributed by atoms with E-state index in [0.29, 0.717) is 6.29 Å². The Morgan fingerprint density at radius 3 is 2.62 bits per heavy atom. The van der Waals surface area contributed by atoms with Gasteiger partial charge in [-0.2, -0.15) is 0 Å². The Morgan fingerprint density at radius 2 is 1.92 bits per heavy atom. The minimum atomic E-state index is -0.651. The zero-order valence-electron chi connectivity index (χ0n) is 6.25. The number of aromatic amines is 3. The van der Waals surface area contributed by atoms with Gasteiger partial charge in [0.05, 0.1) is 0 Å². The fourth-order valence-corrected chi connectivity index (χ4v) is 1.01. The average molecular weight is 180 g/mol. The predicted molar refractivity (Wildman–Crippen MR) is 42.7 cm³/mol. The van der Waals surface area contributed by atoms with E-state index >= 15 is 0 Å². The molecule has 2 aromatic rings. The molecule has 0 aromatic carbocycles. The van der Waals surface area contributed by atoms with Crippen molar-refractivity contribution >= 4 is 17.5 Å². The molecule has 0 saturated carbocycles. The number of hydrogen-bond acceptors (Lipinski definition) is 4. The van der Waals surface area contributed by atoms with Crippen LogP contribution in [0.4, 0.5) is 0 Å². The highest BCUT2D eigenvalue weighted by Gasteiger charge is 2.05. The van der Waals surface area contributed by atoms with Crippen LogP contribution in [0.15, 0.2) is 9.59 Å². The number of H-pyrrole nitrogens is 3. The van der Waals surface area contributed by atoms with Crippen molar-refractivity contribution in [2.24, 2.45) is 0 Å². The summed E-state index contributed by atoms with van der Waals surface area (Å²) in [5, 5.41) is 0. The molecule has 0 atom stereocenters. The third kappa shape index (κ3) is 1.06. The second kappa shape index (κ2) is 2.41. The van der Waals surface area contributed by atoms with Crippen LogP contribution in [0.1, 0.15) is 10.6 Å². The molecule has 0 spiro atoms. The topological polar surface area (TPSA) is 111 Å². The zero-order chi connectivity index (χ0) is 9.42. The number of nitrogens with zero attached hydrogens (tertiary/aromatic N) is 1. The van der Waals surface area contributed by atoms with Crippen LogP contribution < -0.4 is 11.2 Å². The van der Waals surface area contributed by atoms with E-state index in [1.54, 1.807) is 0 Å². The lowest BCUT2D eigenvalue weighted by Crippen LogP contribution is -2.21. The van der Waals surface area contributed by atoms with Crippen LogP contribution >= 0.6 is 0 Å². The number of nitrogens with one attached hydrogen (secondary N) is 3. The van der Waals surface area contributed by atoms with Gasteiger partial charge in [-0.25, -0.2) is 9.78 Å². The van der Waals surface area contributed by atoms with Crippen LogP contribution in [-0.2, 0) is 0 Å². The van der Waals surface area contributed by atoms with Crippen molar-refractivity contribution in [2.45, 2.75) is 0 Å². The summed E-state index contributed by atoms with van der Waals surface area (Å²) in [6.07, 6.45) is 0.456. The number of hydrogen-bond donors (Lipinski definition) is 3. The lowest BCUT2D eigenvalue weighted by Gasteiger charge is -1.83. The van der Waals surface area contributed by atoms with E-state index in [4.69, 9.17) is 0 Å². The first-order valence-electron chi connectivity index (χ1n) is 3.38. The lowest BCUT2D eigenvalue weighted by molar-refractivity contribution is 0.111. The van der Waals surface area contributed by atoms with E-state index in [-0.39, 0.29) is 17.0 Å². The third-order valence-electron chi connectivity index (χ3n) is 1.52. The number of fused-ring (bicyclic) bond motifs is 1. The highest BCUT2D eigenvalue weighted by molar-refractivity contribution is 5.78. The Morgan fingerprint density at radius 1 is 1.15 bits per heavy atom. The average Bonchev–Trinajstić information content (AvgIpc) is 2.47. The molecule has 7 nitrogen and oxygen atoms in total. The van der Waals surface area contributed by atoms with E-state index in [9.17, 15) is 14.4 Å². The number of aldehydes is 1. The smallest absolute Gasteiger partial charge is 0.327 e. The molecule has 2 rings (SSSR count). The maximum Gasteiger partial charge on any atom is 0.327 e. The van der Waals surface area contributed by atoms with Crippen LogP contribution in [-0.4, -0.2) is 26.2 Å². The molecule has 2 aromatic heterocycles. The highest BCUT2D eigenvalue weighted by Crippen LogP contribution is 1.97. The van der Waals surface area contributed by atoms with E-state index in [1.165, 1.54) is 0 Å². The second-order valence-corrected chi connectivity index (χ2v) is 2.37. The minimum Gasteiger partial charge on any atom is -0.330 e. The second-order valence-electron chi connectivity index (χ2n) is 2.37. The van der Waals surface area contributed by atoms with Crippen LogP contribution in [0.3, 0.4) is 0 Å². The Labute approximate surface area is 69.8 Å². The first-order chi connectivity index (χ1) is 6.20. The number of imidazole rings is 1. The molecule has 66 valence electrons. The number of carbonyl (C=O) groups is 1. The van der Waals surface area contributed by atoms with Gasteiger partial charge in [0.2, 0.25) is 0 Å². The van der Waals surface area contributed by atoms with Gasteiger partial charge in [-0.15, -0.1) is 0 Å². The molecule has 0 fully saturated rings. The Hall–Kier alpha value is -2.18. The van der Waals surface area contributed by atoms with Gasteiger partial charge in [0.1, 0.15) is 5.52 Å². The molecule has 0 aliphatic rings. The van der Waals surface area contributed by atoms with E-state index < -0.39 is 11.2 Å². The monoisotopic (exact) mass is 180 g/mol. The van der Waals surface area contributed by atoms with Gasteiger partial charge in [-0.3, -0.25) is 19.6 Å². The molecule has 0 amide bonds. The van der Waals surface area contributed by atoms with Crippen molar-refractivity contribution in [3.63, 3.8) is 0 Å². The predicted octanol–water partition coefficient (Wildman–Crippen LogP) is -1.25. The summed E-state index contributed by atoms with van der Waals surface area (Å²) in [4.78, 5) is 42.5. The van der Waals surface area contributed by atoms with Crippen molar-refractivity contribution in [1.29, 1.82) is 0 Å². The van der Waals surface area contributed by atoms with E-state index in [2.05, 4.69) is 15.0 Å². The standard InChI is InChI=1S/C6H4N4O3/c11-1-2-7-3-4(8-2)9-6(13)10-5(3)12/h1H,(H3,7,8,9,10,12,13). The summed E-state index contributed by atoms with van der Waals surface area (Å²) in [6.45, 7) is 0. The van der Waals surface area contributed by atoms with Crippen molar-refractivity contribution in [3.05, 3.63) is 26.7 Å². The lowest BCUT2D eigenvalue weighted by atomic mass is 10.5. The van der Waals surface area contributed by atoms with Crippen molar-refractivity contribution in [2.75, 3.05) is 0 Å². The molecule has 0 aliphatic carbocycles. The van der Waals surface area contributed by atoms with Gasteiger partial charge in [-0.05, 0) is 0 Å². The molecule has 0 radical (unpaired) electrons. The summed E-state index contributed by atoms with van der Waals surface area (Å²) in [5.74, 6) is 0.00218. The van der Waals surface area contributed by atoms with Crippen molar-refractivity contribution in [3.8, 4) is 0 Å². The van der Waals surface area contributed by atoms with Gasteiger partial charge in [-0.1, -0.05) is 0 Å². The zero-order valence-corrected chi connectivity index (χ0v) is 6.25. The summed E-state index contributed by atoms with van der Waals surface area (Å²) < 4.78 is 0. The summed E-state index contributed by atoms with van der Waals surface area (Å²) in [5.41, 5.74) is -1.08. The minimum absolute atomic E-state index is 0.00218. The largest absolute Gasteiger partial charge is 0.330 e. The Balaban J connectivity index is 2.99. The molecule has 0 saturated heterocycles. The maximum absolute atomic E-state index is 11.1. The van der Waals surface area contributed by atoms with Gasteiger partial charge < -0.3 is 4.98 Å². The molecule has 0 bridgehead atoms. The van der Waals surface area contributed by atoms with Crippen molar-refractivity contribution < 1.29 is 4.79 Å². The molecule has 0 aliphatic heterocycles. The third-order valence-corrected chi connectivity index (χ3v) is 1.52. The first-order valence-corrected chi connectivity index (χ1v) is 3.38. The van der Waals surface area contributed by atoms with Crippen LogP contribution in [0.2, 0.25) is 0 Å². The molecule has 3 N–H and O–H groups in total. The van der Waals surface area contributed by atoms with Crippen LogP contribution in [0.5, 0.6) is 0 Å². The summed E-state index contributed by atoms with van der Waals surface area (Å²) in [7, 11) is 0. The number of rotatable bonds is 1. The maximum atomic E-state index is 11.1. The molecule has 2 heterocycles. The first kappa shape index (κ1) is 7.47. The molecule has 0 unspecified atom stereocenters. The van der Waals surface area contributed by atoms with E-state index in [1.807, 2.05) is 4.98 Å². The van der Waals surface area contributed by atoms with Crippen molar-refractivity contribution in [1.82, 2.24) is 19.9 Å². The van der Waals surface area contributed by atoms with Gasteiger partial charge in [0, 0.05) is 0 Å². The van der Waals surface area contributed by atoms with Gasteiger partial charge in [0.25, 0.3) is 5.56 Å². The SMILES string of the molecule is O=Cc1nc2[nH]c(=O)[nH]c(=O)c2[nH]1. The summed E-state index contributed by atoms with van der Waals surface area (Å²) >= 11 is 0.